The van der Waals surface area contributed by atoms with Crippen LogP contribution in [0.4, 0.5) is 0 Å². The van der Waals surface area contributed by atoms with Gasteiger partial charge in [0.25, 0.3) is 0 Å². The van der Waals surface area contributed by atoms with Gasteiger partial charge in [-0.3, -0.25) is 0 Å². The van der Waals surface area contributed by atoms with Crippen LogP contribution in [0.15, 0.2) is 47.0 Å². The molecule has 0 atom stereocenters. The normalized spacial score (nSPS) is 10.9. The molecular weight excluding hydrogens is 214 g/mol. The Hall–Kier alpha value is -2.29. The van der Waals surface area contributed by atoms with Gasteiger partial charge in [-0.15, -0.1) is 0 Å². The molecule has 0 aliphatic rings. The average Bonchev–Trinajstić information content (AvgIpc) is 2.75. The fraction of sp³-hybridized carbons (Fsp3) is 0.0714. The molecule has 1 heterocycles. The molecule has 2 aromatic carbocycles. The average molecular weight is 225 g/mol. The molecule has 0 saturated carbocycles. The van der Waals surface area contributed by atoms with Crippen molar-refractivity contribution in [3.63, 3.8) is 0 Å². The van der Waals surface area contributed by atoms with Crippen LogP contribution in [0.3, 0.4) is 0 Å². The third kappa shape index (κ3) is 1.56. The molecule has 0 aliphatic heterocycles. The Balaban J connectivity index is 2.24. The minimum Gasteiger partial charge on any atom is -0.508 e. The highest BCUT2D eigenvalue weighted by Crippen LogP contribution is 2.30. The molecule has 3 nitrogen and oxygen atoms in total. The minimum atomic E-state index is 0.244. The van der Waals surface area contributed by atoms with Crippen LogP contribution in [0.5, 0.6) is 5.75 Å². The van der Waals surface area contributed by atoms with Gasteiger partial charge < -0.3 is 9.63 Å². The second-order valence-corrected chi connectivity index (χ2v) is 4.03. The zero-order valence-electron chi connectivity index (χ0n) is 9.34. The first kappa shape index (κ1) is 9.90. The van der Waals surface area contributed by atoms with Gasteiger partial charge in [-0.05, 0) is 42.8 Å². The molecule has 3 heteroatoms. The van der Waals surface area contributed by atoms with Gasteiger partial charge in [0.05, 0.1) is 0 Å². The Labute approximate surface area is 98.3 Å². The van der Waals surface area contributed by atoms with Crippen molar-refractivity contribution in [2.75, 3.05) is 0 Å². The Kier molecular flexibility index (Phi) is 2.11. The predicted octanol–water partition coefficient (Wildman–Crippen LogP) is 3.51. The van der Waals surface area contributed by atoms with E-state index in [2.05, 4.69) is 5.16 Å². The highest BCUT2D eigenvalue weighted by Gasteiger charge is 2.11. The van der Waals surface area contributed by atoms with Gasteiger partial charge in [-0.2, -0.15) is 0 Å². The lowest BCUT2D eigenvalue weighted by Gasteiger charge is -1.97. The zero-order valence-corrected chi connectivity index (χ0v) is 9.34. The summed E-state index contributed by atoms with van der Waals surface area (Å²) in [5.74, 6) is 0.984. The van der Waals surface area contributed by atoms with Crippen LogP contribution in [0.1, 0.15) is 5.56 Å². The van der Waals surface area contributed by atoms with Gasteiger partial charge in [0.1, 0.15) is 11.3 Å². The highest BCUT2D eigenvalue weighted by atomic mass is 16.5. The number of aromatic nitrogens is 1. The Morgan fingerprint density at radius 1 is 1.06 bits per heavy atom. The van der Waals surface area contributed by atoms with Crippen molar-refractivity contribution in [2.24, 2.45) is 0 Å². The van der Waals surface area contributed by atoms with Crippen molar-refractivity contribution in [1.29, 1.82) is 0 Å². The predicted molar refractivity (Wildman–Crippen MR) is 65.8 cm³/mol. The van der Waals surface area contributed by atoms with Crippen LogP contribution >= 0.6 is 0 Å². The van der Waals surface area contributed by atoms with Crippen LogP contribution in [0.25, 0.3) is 22.2 Å². The van der Waals surface area contributed by atoms with E-state index in [4.69, 9.17) is 4.52 Å². The molecule has 0 aliphatic carbocycles. The van der Waals surface area contributed by atoms with E-state index < -0.39 is 0 Å². The van der Waals surface area contributed by atoms with Crippen LogP contribution in [-0.4, -0.2) is 10.3 Å². The number of hydrogen-bond acceptors (Lipinski definition) is 3. The van der Waals surface area contributed by atoms with E-state index in [1.807, 2.05) is 37.3 Å². The van der Waals surface area contributed by atoms with Crippen LogP contribution < -0.4 is 0 Å². The van der Waals surface area contributed by atoms with Gasteiger partial charge >= 0.3 is 0 Å². The summed E-state index contributed by atoms with van der Waals surface area (Å²) in [5.41, 5.74) is 2.89. The van der Waals surface area contributed by atoms with Crippen molar-refractivity contribution in [3.8, 4) is 17.1 Å². The molecule has 0 amide bonds. The first-order valence-electron chi connectivity index (χ1n) is 5.40. The first-order valence-corrected chi connectivity index (χ1v) is 5.40. The Morgan fingerprint density at radius 3 is 2.59 bits per heavy atom. The maximum absolute atomic E-state index is 9.27. The molecule has 1 N–H and O–H groups in total. The number of nitrogens with zero attached hydrogens (tertiary/aromatic N) is 1. The van der Waals surface area contributed by atoms with Crippen molar-refractivity contribution in [3.05, 3.63) is 48.0 Å². The molecule has 84 valence electrons. The second-order valence-electron chi connectivity index (χ2n) is 4.03. The summed E-state index contributed by atoms with van der Waals surface area (Å²) in [4.78, 5) is 0. The molecular formula is C14H11NO2. The van der Waals surface area contributed by atoms with Gasteiger partial charge in [0.2, 0.25) is 0 Å². The van der Waals surface area contributed by atoms with E-state index in [-0.39, 0.29) is 5.75 Å². The van der Waals surface area contributed by atoms with E-state index in [0.29, 0.717) is 0 Å². The number of aromatic hydroxyl groups is 1. The monoisotopic (exact) mass is 225 g/mol. The number of fused-ring (bicyclic) bond motifs is 1. The van der Waals surface area contributed by atoms with Crippen molar-refractivity contribution in [1.82, 2.24) is 5.16 Å². The minimum absolute atomic E-state index is 0.244. The van der Waals surface area contributed by atoms with Gasteiger partial charge in [0.15, 0.2) is 5.76 Å². The van der Waals surface area contributed by atoms with Crippen LogP contribution in [0.2, 0.25) is 0 Å². The van der Waals surface area contributed by atoms with E-state index >= 15 is 0 Å². The molecule has 17 heavy (non-hydrogen) atoms. The third-order valence-electron chi connectivity index (χ3n) is 2.84. The third-order valence-corrected chi connectivity index (χ3v) is 2.84. The summed E-state index contributed by atoms with van der Waals surface area (Å²) in [7, 11) is 0. The van der Waals surface area contributed by atoms with Gasteiger partial charge in [-0.25, -0.2) is 0 Å². The maximum Gasteiger partial charge on any atom is 0.174 e. The topological polar surface area (TPSA) is 46.3 Å². The number of phenols is 1. The molecule has 0 radical (unpaired) electrons. The lowest BCUT2D eigenvalue weighted by atomic mass is 10.1. The second kappa shape index (κ2) is 3.63. The molecule has 3 rings (SSSR count). The number of hydrogen-bond donors (Lipinski definition) is 1. The molecule has 0 bridgehead atoms. The van der Waals surface area contributed by atoms with E-state index in [0.717, 1.165) is 27.8 Å². The number of phenolic OH excluding ortho intramolecular Hbond substituents is 1. The molecule has 0 saturated heterocycles. The number of aryl methyl sites for hydroxylation is 1. The summed E-state index contributed by atoms with van der Waals surface area (Å²) >= 11 is 0. The van der Waals surface area contributed by atoms with E-state index in [1.54, 1.807) is 12.1 Å². The van der Waals surface area contributed by atoms with Gasteiger partial charge in [0, 0.05) is 10.9 Å². The summed E-state index contributed by atoms with van der Waals surface area (Å²) < 4.78 is 5.39. The van der Waals surface area contributed by atoms with Crippen molar-refractivity contribution in [2.45, 2.75) is 6.92 Å². The van der Waals surface area contributed by atoms with E-state index in [1.165, 1.54) is 0 Å². The number of rotatable bonds is 1. The van der Waals surface area contributed by atoms with Crippen molar-refractivity contribution < 1.29 is 9.63 Å². The van der Waals surface area contributed by atoms with Crippen LogP contribution in [-0.2, 0) is 0 Å². The SMILES string of the molecule is Cc1cccc2c(-c3ccc(O)cc3)onc12. The molecule has 0 fully saturated rings. The standard InChI is InChI=1S/C14H11NO2/c1-9-3-2-4-12-13(9)15-17-14(12)10-5-7-11(16)8-6-10/h2-8,16H,1H3. The summed E-state index contributed by atoms with van der Waals surface area (Å²) in [6.45, 7) is 2.01. The quantitative estimate of drug-likeness (QED) is 0.689. The Bertz CT molecular complexity index is 668. The van der Waals surface area contributed by atoms with Crippen molar-refractivity contribution >= 4 is 10.9 Å². The smallest absolute Gasteiger partial charge is 0.174 e. The number of benzene rings is 2. The molecule has 3 aromatic rings. The lowest BCUT2D eigenvalue weighted by molar-refractivity contribution is 0.440. The molecule has 0 unspecified atom stereocenters. The highest BCUT2D eigenvalue weighted by molar-refractivity contribution is 5.93. The fourth-order valence-corrected chi connectivity index (χ4v) is 1.92. The zero-order chi connectivity index (χ0) is 11.8. The largest absolute Gasteiger partial charge is 0.508 e. The summed E-state index contributed by atoms with van der Waals surface area (Å²) in [6.07, 6.45) is 0. The van der Waals surface area contributed by atoms with E-state index in [9.17, 15) is 5.11 Å². The molecule has 0 spiro atoms. The first-order chi connectivity index (χ1) is 8.25. The summed E-state index contributed by atoms with van der Waals surface area (Å²) in [6, 6.07) is 12.9. The fourth-order valence-electron chi connectivity index (χ4n) is 1.92. The maximum atomic E-state index is 9.27. The Morgan fingerprint density at radius 2 is 1.82 bits per heavy atom. The van der Waals surface area contributed by atoms with Gasteiger partial charge in [-0.1, -0.05) is 17.3 Å². The lowest BCUT2D eigenvalue weighted by Crippen LogP contribution is -1.76. The van der Waals surface area contributed by atoms with Crippen LogP contribution in [0, 0.1) is 6.92 Å². The molecule has 1 aromatic heterocycles. The summed E-state index contributed by atoms with van der Waals surface area (Å²) in [5, 5.41) is 14.3.